The van der Waals surface area contributed by atoms with Crippen LogP contribution in [0.25, 0.3) is 0 Å². The van der Waals surface area contributed by atoms with Crippen LogP contribution >= 0.6 is 0 Å². The summed E-state index contributed by atoms with van der Waals surface area (Å²) in [5.74, 6) is 0.611. The largest absolute Gasteiger partial charge is 0.382 e. The molecule has 140 valence electrons. The molecule has 1 fully saturated rings. The number of β-amino-alcohol motifs (C(OH)–C–C–N with tert-alkyl or cyclic N) is 1. The lowest BCUT2D eigenvalue weighted by Gasteiger charge is -2.38. The maximum absolute atomic E-state index is 11.9. The minimum Gasteiger partial charge on any atom is -0.382 e. The van der Waals surface area contributed by atoms with Gasteiger partial charge in [-0.25, -0.2) is 9.67 Å². The second-order valence-corrected chi connectivity index (χ2v) is 7.00. The molecule has 0 bridgehead atoms. The molecule has 2 aromatic heterocycles. The Morgan fingerprint density at radius 1 is 1.42 bits per heavy atom. The third-order valence-corrected chi connectivity index (χ3v) is 4.66. The summed E-state index contributed by atoms with van der Waals surface area (Å²) in [6.07, 6.45) is 4.85. The maximum atomic E-state index is 11.9. The summed E-state index contributed by atoms with van der Waals surface area (Å²) < 4.78 is 1.76. The smallest absolute Gasteiger partial charge is 0.252 e. The molecule has 0 radical (unpaired) electrons. The fraction of sp³-hybridized carbons (Fsp3) is 0.556. The first-order valence-corrected chi connectivity index (χ1v) is 9.07. The molecule has 0 aliphatic carbocycles. The van der Waals surface area contributed by atoms with Crippen LogP contribution in [0.3, 0.4) is 0 Å². The highest BCUT2D eigenvalue weighted by molar-refractivity contribution is 5.94. The second kappa shape index (κ2) is 7.41. The SMILES string of the molecule is CCNC(=O)c1ccc(N2CCC[C@](O)(c3cn(C(C)C)nn3)C2)nc1. The van der Waals surface area contributed by atoms with Crippen LogP contribution in [0.1, 0.15) is 55.7 Å². The molecule has 1 saturated heterocycles. The number of carbonyl (C=O) groups excluding carboxylic acids is 1. The number of hydrogen-bond acceptors (Lipinski definition) is 6. The predicted octanol–water partition coefficient (Wildman–Crippen LogP) is 1.49. The van der Waals surface area contributed by atoms with E-state index < -0.39 is 5.60 Å². The van der Waals surface area contributed by atoms with E-state index in [1.54, 1.807) is 16.9 Å². The number of hydrogen-bond donors (Lipinski definition) is 2. The number of rotatable bonds is 5. The third-order valence-electron chi connectivity index (χ3n) is 4.66. The third kappa shape index (κ3) is 3.70. The van der Waals surface area contributed by atoms with Gasteiger partial charge in [-0.3, -0.25) is 4.79 Å². The molecule has 2 aromatic rings. The first-order chi connectivity index (χ1) is 12.4. The van der Waals surface area contributed by atoms with E-state index in [2.05, 4.69) is 20.6 Å². The number of amides is 1. The normalized spacial score (nSPS) is 20.4. The second-order valence-electron chi connectivity index (χ2n) is 7.00. The van der Waals surface area contributed by atoms with Gasteiger partial charge in [-0.05, 0) is 45.7 Å². The van der Waals surface area contributed by atoms with Crippen molar-refractivity contribution in [2.24, 2.45) is 0 Å². The molecule has 1 amide bonds. The molecule has 1 aliphatic heterocycles. The quantitative estimate of drug-likeness (QED) is 0.841. The van der Waals surface area contributed by atoms with E-state index in [0.29, 0.717) is 30.8 Å². The highest BCUT2D eigenvalue weighted by atomic mass is 16.3. The van der Waals surface area contributed by atoms with Gasteiger partial charge in [0.2, 0.25) is 0 Å². The standard InChI is InChI=1S/C18H26N6O2/c1-4-19-17(25)14-6-7-16(20-10-14)23-9-5-8-18(26,12-23)15-11-24(13(2)3)22-21-15/h6-7,10-11,13,26H,4-5,8-9,12H2,1-3H3,(H,19,25)/t18-/m1/s1. The first-order valence-electron chi connectivity index (χ1n) is 9.07. The van der Waals surface area contributed by atoms with Crippen molar-refractivity contribution >= 4 is 11.7 Å². The van der Waals surface area contributed by atoms with E-state index >= 15 is 0 Å². The lowest BCUT2D eigenvalue weighted by Crippen LogP contribution is -2.46. The summed E-state index contributed by atoms with van der Waals surface area (Å²) in [5, 5.41) is 22.2. The first kappa shape index (κ1) is 18.3. The molecule has 26 heavy (non-hydrogen) atoms. The molecular weight excluding hydrogens is 332 g/mol. The molecular formula is C18H26N6O2. The number of nitrogens with zero attached hydrogens (tertiary/aromatic N) is 5. The van der Waals surface area contributed by atoms with E-state index in [9.17, 15) is 9.90 Å². The summed E-state index contributed by atoms with van der Waals surface area (Å²) in [4.78, 5) is 18.3. The van der Waals surface area contributed by atoms with Crippen LogP contribution in [0, 0.1) is 0 Å². The average Bonchev–Trinajstić information content (AvgIpc) is 3.13. The zero-order valence-electron chi connectivity index (χ0n) is 15.5. The summed E-state index contributed by atoms with van der Waals surface area (Å²) in [6.45, 7) is 7.71. The Bertz CT molecular complexity index is 757. The number of aliphatic hydroxyl groups is 1. The molecule has 8 nitrogen and oxygen atoms in total. The molecule has 0 unspecified atom stereocenters. The van der Waals surface area contributed by atoms with Gasteiger partial charge >= 0.3 is 0 Å². The van der Waals surface area contributed by atoms with Crippen molar-refractivity contribution in [1.82, 2.24) is 25.3 Å². The molecule has 0 saturated carbocycles. The van der Waals surface area contributed by atoms with Crippen molar-refractivity contribution < 1.29 is 9.90 Å². The highest BCUT2D eigenvalue weighted by Gasteiger charge is 2.38. The molecule has 0 spiro atoms. The van der Waals surface area contributed by atoms with Gasteiger partial charge in [0.25, 0.3) is 5.91 Å². The van der Waals surface area contributed by atoms with Gasteiger partial charge < -0.3 is 15.3 Å². The highest BCUT2D eigenvalue weighted by Crippen LogP contribution is 2.32. The Morgan fingerprint density at radius 2 is 2.23 bits per heavy atom. The monoisotopic (exact) mass is 358 g/mol. The zero-order chi connectivity index (χ0) is 18.7. The van der Waals surface area contributed by atoms with Gasteiger partial charge in [0.05, 0.1) is 18.3 Å². The molecule has 1 atom stereocenters. The van der Waals surface area contributed by atoms with E-state index in [1.807, 2.05) is 37.9 Å². The van der Waals surface area contributed by atoms with Gasteiger partial charge in [0.15, 0.2) is 0 Å². The van der Waals surface area contributed by atoms with Crippen LogP contribution in [0.15, 0.2) is 24.5 Å². The van der Waals surface area contributed by atoms with Crippen LogP contribution in [-0.2, 0) is 5.60 Å². The number of nitrogens with one attached hydrogen (secondary N) is 1. The van der Waals surface area contributed by atoms with Crippen molar-refractivity contribution in [1.29, 1.82) is 0 Å². The van der Waals surface area contributed by atoms with Crippen LogP contribution < -0.4 is 10.2 Å². The van der Waals surface area contributed by atoms with E-state index in [-0.39, 0.29) is 11.9 Å². The molecule has 0 aromatic carbocycles. The van der Waals surface area contributed by atoms with Gasteiger partial charge in [-0.1, -0.05) is 5.21 Å². The van der Waals surface area contributed by atoms with Crippen molar-refractivity contribution in [3.63, 3.8) is 0 Å². The van der Waals surface area contributed by atoms with Crippen molar-refractivity contribution in [2.75, 3.05) is 24.5 Å². The molecule has 2 N–H and O–H groups in total. The Balaban J connectivity index is 1.76. The van der Waals surface area contributed by atoms with Crippen molar-refractivity contribution in [2.45, 2.75) is 45.3 Å². The fourth-order valence-electron chi connectivity index (χ4n) is 3.15. The molecule has 1 aliphatic rings. The van der Waals surface area contributed by atoms with Crippen molar-refractivity contribution in [3.8, 4) is 0 Å². The maximum Gasteiger partial charge on any atom is 0.252 e. The van der Waals surface area contributed by atoms with Crippen molar-refractivity contribution in [3.05, 3.63) is 35.8 Å². The zero-order valence-corrected chi connectivity index (χ0v) is 15.5. The minimum absolute atomic E-state index is 0.132. The summed E-state index contributed by atoms with van der Waals surface area (Å²) in [6, 6.07) is 3.78. The summed E-state index contributed by atoms with van der Waals surface area (Å²) in [7, 11) is 0. The van der Waals surface area contributed by atoms with E-state index in [4.69, 9.17) is 0 Å². The topological polar surface area (TPSA) is 96.2 Å². The number of anilines is 1. The Labute approximate surface area is 153 Å². The minimum atomic E-state index is -1.05. The number of carbonyl (C=O) groups is 1. The van der Waals surface area contributed by atoms with Gasteiger partial charge in [0, 0.05) is 25.3 Å². The molecule has 3 heterocycles. The number of aromatic nitrogens is 4. The van der Waals surface area contributed by atoms with Gasteiger partial charge in [-0.15, -0.1) is 5.10 Å². The van der Waals surface area contributed by atoms with Crippen LogP contribution in [-0.4, -0.2) is 50.6 Å². The Kier molecular flexibility index (Phi) is 5.22. The van der Waals surface area contributed by atoms with Crippen LogP contribution in [0.5, 0.6) is 0 Å². The molecule has 3 rings (SSSR count). The predicted molar refractivity (Wildman–Crippen MR) is 98.0 cm³/mol. The summed E-state index contributed by atoms with van der Waals surface area (Å²) >= 11 is 0. The van der Waals surface area contributed by atoms with E-state index in [0.717, 1.165) is 18.8 Å². The average molecular weight is 358 g/mol. The number of piperidine rings is 1. The Hall–Kier alpha value is -2.48. The Morgan fingerprint density at radius 3 is 2.85 bits per heavy atom. The fourth-order valence-corrected chi connectivity index (χ4v) is 3.15. The lowest BCUT2D eigenvalue weighted by atomic mass is 9.90. The summed E-state index contributed by atoms with van der Waals surface area (Å²) in [5.41, 5.74) is 0.0725. The van der Waals surface area contributed by atoms with Gasteiger partial charge in [-0.2, -0.15) is 0 Å². The molecule has 8 heteroatoms. The van der Waals surface area contributed by atoms with Crippen LogP contribution in [0.2, 0.25) is 0 Å². The number of pyridine rings is 1. The lowest BCUT2D eigenvalue weighted by molar-refractivity contribution is 0.0174. The van der Waals surface area contributed by atoms with E-state index in [1.165, 1.54) is 0 Å². The van der Waals surface area contributed by atoms with Crippen LogP contribution in [0.4, 0.5) is 5.82 Å². The van der Waals surface area contributed by atoms with Gasteiger partial charge in [0.1, 0.15) is 17.1 Å².